The first-order valence-electron chi connectivity index (χ1n) is 6.15. The topological polar surface area (TPSA) is 29.3 Å². The summed E-state index contributed by atoms with van der Waals surface area (Å²) in [6.45, 7) is 2.89. The Morgan fingerprint density at radius 3 is 1.95 bits per heavy atom. The Labute approximate surface area is 135 Å². The first-order chi connectivity index (χ1) is 8.75. The van der Waals surface area contributed by atoms with Gasteiger partial charge in [-0.15, -0.1) is 24.0 Å². The molecule has 2 aromatic carbocycles. The molecule has 0 fully saturated rings. The molecule has 1 heterocycles. The van der Waals surface area contributed by atoms with Crippen LogP contribution in [0.3, 0.4) is 0 Å². The summed E-state index contributed by atoms with van der Waals surface area (Å²) in [4.78, 5) is 4.93. The third-order valence-corrected chi connectivity index (χ3v) is 4.13. The molecule has 19 heavy (non-hydrogen) atoms. The number of halogens is 1. The first kappa shape index (κ1) is 14.7. The molecule has 0 bridgehead atoms. The van der Waals surface area contributed by atoms with E-state index in [4.69, 9.17) is 5.73 Å². The van der Waals surface area contributed by atoms with Crippen molar-refractivity contribution in [1.29, 1.82) is 0 Å². The van der Waals surface area contributed by atoms with E-state index in [2.05, 4.69) is 53.4 Å². The van der Waals surface area contributed by atoms with Crippen LogP contribution in [0.4, 0.5) is 11.4 Å². The number of nitrogens with two attached hydrogens (primary N) is 1. The summed E-state index contributed by atoms with van der Waals surface area (Å²) in [6.07, 6.45) is 0. The van der Waals surface area contributed by atoms with Gasteiger partial charge in [0.2, 0.25) is 0 Å². The number of hydrogen-bond acceptors (Lipinski definition) is 3. The van der Waals surface area contributed by atoms with Crippen LogP contribution in [0.5, 0.6) is 0 Å². The summed E-state index contributed by atoms with van der Waals surface area (Å²) in [5.74, 6) is 0. The van der Waals surface area contributed by atoms with Crippen LogP contribution in [0, 0.1) is 0 Å². The third kappa shape index (κ3) is 2.90. The van der Waals surface area contributed by atoms with E-state index in [0.29, 0.717) is 0 Å². The van der Waals surface area contributed by atoms with Crippen molar-refractivity contribution in [3.63, 3.8) is 0 Å². The van der Waals surface area contributed by atoms with E-state index in [0.717, 1.165) is 6.54 Å². The molecule has 1 atom stereocenters. The van der Waals surface area contributed by atoms with Gasteiger partial charge in [0.1, 0.15) is 0 Å². The van der Waals surface area contributed by atoms with E-state index < -0.39 is 0 Å². The van der Waals surface area contributed by atoms with Crippen molar-refractivity contribution < 1.29 is 0 Å². The molecule has 1 aliphatic heterocycles. The van der Waals surface area contributed by atoms with Gasteiger partial charge in [0, 0.05) is 22.4 Å². The molecular weight excluding hydrogens is 367 g/mol. The van der Waals surface area contributed by atoms with Crippen molar-refractivity contribution in [3.05, 3.63) is 48.5 Å². The third-order valence-electron chi connectivity index (χ3n) is 3.00. The fourth-order valence-electron chi connectivity index (χ4n) is 2.27. The highest BCUT2D eigenvalue weighted by Crippen LogP contribution is 2.47. The average Bonchev–Trinajstić information content (AvgIpc) is 2.38. The van der Waals surface area contributed by atoms with Crippen molar-refractivity contribution in [2.24, 2.45) is 5.73 Å². The van der Waals surface area contributed by atoms with E-state index in [1.165, 1.54) is 21.2 Å². The first-order valence-corrected chi connectivity index (χ1v) is 6.96. The number of anilines is 2. The Kier molecular flexibility index (Phi) is 4.76. The van der Waals surface area contributed by atoms with Gasteiger partial charge >= 0.3 is 0 Å². The molecule has 1 unspecified atom stereocenters. The lowest BCUT2D eigenvalue weighted by Crippen LogP contribution is -2.33. The molecule has 2 N–H and O–H groups in total. The van der Waals surface area contributed by atoms with Gasteiger partial charge in [-0.2, -0.15) is 0 Å². The number of hydrogen-bond donors (Lipinski definition) is 1. The highest BCUT2D eigenvalue weighted by atomic mass is 127. The maximum absolute atomic E-state index is 5.99. The molecule has 0 radical (unpaired) electrons. The second-order valence-electron chi connectivity index (χ2n) is 4.63. The largest absolute Gasteiger partial charge is 0.338 e. The monoisotopic (exact) mass is 384 g/mol. The van der Waals surface area contributed by atoms with Crippen molar-refractivity contribution >= 4 is 47.1 Å². The van der Waals surface area contributed by atoms with Crippen LogP contribution in [0.1, 0.15) is 6.92 Å². The van der Waals surface area contributed by atoms with Crippen LogP contribution in [0.2, 0.25) is 0 Å². The van der Waals surface area contributed by atoms with Crippen molar-refractivity contribution in [3.8, 4) is 0 Å². The molecule has 100 valence electrons. The van der Waals surface area contributed by atoms with Crippen molar-refractivity contribution in [2.75, 3.05) is 11.4 Å². The van der Waals surface area contributed by atoms with E-state index in [1.807, 2.05) is 18.7 Å². The van der Waals surface area contributed by atoms with Crippen LogP contribution in [-0.4, -0.2) is 12.6 Å². The molecule has 0 spiro atoms. The molecule has 0 aliphatic carbocycles. The minimum Gasteiger partial charge on any atom is -0.338 e. The van der Waals surface area contributed by atoms with E-state index >= 15 is 0 Å². The Morgan fingerprint density at radius 1 is 1.00 bits per heavy atom. The average molecular weight is 384 g/mol. The smallest absolute Gasteiger partial charge is 0.0553 e. The summed E-state index contributed by atoms with van der Waals surface area (Å²) in [5.41, 5.74) is 8.51. The molecule has 0 saturated carbocycles. The molecule has 0 amide bonds. The van der Waals surface area contributed by atoms with Gasteiger partial charge in [0.25, 0.3) is 0 Å². The van der Waals surface area contributed by atoms with Crippen LogP contribution in [0.15, 0.2) is 58.3 Å². The summed E-state index contributed by atoms with van der Waals surface area (Å²) in [6, 6.07) is 17.2. The standard InChI is InChI=1S/C15H16N2S.HI/c1-11(16)10-17-12-6-2-4-8-14(12)18-15-9-5-3-7-13(15)17;/h2-9,11H,10,16H2,1H3;1H. The van der Waals surface area contributed by atoms with E-state index in [-0.39, 0.29) is 30.0 Å². The summed E-state index contributed by atoms with van der Waals surface area (Å²) < 4.78 is 0. The molecule has 1 aliphatic rings. The SMILES string of the molecule is CC(N)CN1c2ccccc2Sc2ccccc21.I. The molecule has 2 aromatic rings. The zero-order valence-electron chi connectivity index (χ0n) is 10.7. The number of fused-ring (bicyclic) bond motifs is 2. The van der Waals surface area contributed by atoms with Crippen LogP contribution >= 0.6 is 35.7 Å². The van der Waals surface area contributed by atoms with Crippen LogP contribution < -0.4 is 10.6 Å². The highest BCUT2D eigenvalue weighted by Gasteiger charge is 2.22. The quantitative estimate of drug-likeness (QED) is 0.785. The van der Waals surface area contributed by atoms with Crippen molar-refractivity contribution in [2.45, 2.75) is 22.8 Å². The lowest BCUT2D eigenvalue weighted by molar-refractivity contribution is 0.727. The Hall–Kier alpha value is -0.720. The second-order valence-corrected chi connectivity index (χ2v) is 5.71. The van der Waals surface area contributed by atoms with Gasteiger partial charge < -0.3 is 10.6 Å². The summed E-state index contributed by atoms with van der Waals surface area (Å²) >= 11 is 1.83. The van der Waals surface area contributed by atoms with Gasteiger partial charge in [0.15, 0.2) is 0 Å². The predicted octanol–water partition coefficient (Wildman–Crippen LogP) is 4.25. The van der Waals surface area contributed by atoms with Gasteiger partial charge in [-0.25, -0.2) is 0 Å². The zero-order chi connectivity index (χ0) is 12.5. The van der Waals surface area contributed by atoms with E-state index in [9.17, 15) is 0 Å². The molecule has 3 rings (SSSR count). The lowest BCUT2D eigenvalue weighted by Gasteiger charge is -2.33. The molecular formula is C15H17IN2S. The minimum absolute atomic E-state index is 0. The lowest BCUT2D eigenvalue weighted by atomic mass is 10.2. The molecule has 4 heteroatoms. The fourth-order valence-corrected chi connectivity index (χ4v) is 3.36. The van der Waals surface area contributed by atoms with Gasteiger partial charge in [0.05, 0.1) is 11.4 Å². The van der Waals surface area contributed by atoms with E-state index in [1.54, 1.807) is 0 Å². The molecule has 2 nitrogen and oxygen atoms in total. The Morgan fingerprint density at radius 2 is 1.47 bits per heavy atom. The maximum Gasteiger partial charge on any atom is 0.0553 e. The highest BCUT2D eigenvalue weighted by molar-refractivity contribution is 14.0. The van der Waals surface area contributed by atoms with Crippen molar-refractivity contribution in [1.82, 2.24) is 0 Å². The Bertz CT molecular complexity index is 526. The van der Waals surface area contributed by atoms with Gasteiger partial charge in [-0.1, -0.05) is 36.0 Å². The number of para-hydroxylation sites is 2. The maximum atomic E-state index is 5.99. The number of benzene rings is 2. The van der Waals surface area contributed by atoms with Gasteiger partial charge in [-0.3, -0.25) is 0 Å². The summed E-state index contributed by atoms with van der Waals surface area (Å²) in [7, 11) is 0. The van der Waals surface area contributed by atoms with Gasteiger partial charge in [-0.05, 0) is 31.2 Å². The molecule has 0 aromatic heterocycles. The summed E-state index contributed by atoms with van der Waals surface area (Å²) in [5, 5.41) is 0. The fraction of sp³-hybridized carbons (Fsp3) is 0.200. The zero-order valence-corrected chi connectivity index (χ0v) is 13.9. The number of rotatable bonds is 2. The normalized spacial score (nSPS) is 14.1. The van der Waals surface area contributed by atoms with Crippen LogP contribution in [0.25, 0.3) is 0 Å². The predicted molar refractivity (Wildman–Crippen MR) is 93.1 cm³/mol. The number of nitrogens with zero attached hydrogens (tertiary/aromatic N) is 1. The van der Waals surface area contributed by atoms with Crippen LogP contribution in [-0.2, 0) is 0 Å². The second kappa shape index (κ2) is 6.15. The molecule has 0 saturated heterocycles. The minimum atomic E-state index is 0. The Balaban J connectivity index is 0.00000133.